The summed E-state index contributed by atoms with van der Waals surface area (Å²) in [5.74, 6) is 0.725. The predicted octanol–water partition coefficient (Wildman–Crippen LogP) is 1.65. The van der Waals surface area contributed by atoms with Crippen LogP contribution >= 0.6 is 0 Å². The van der Waals surface area contributed by atoms with Gasteiger partial charge < -0.3 is 15.0 Å². The van der Waals surface area contributed by atoms with E-state index in [0.717, 1.165) is 17.9 Å². The van der Waals surface area contributed by atoms with Crippen LogP contribution in [0.1, 0.15) is 19.4 Å². The number of hydrogen-bond acceptors (Lipinski definition) is 3. The lowest BCUT2D eigenvalue weighted by Crippen LogP contribution is -2.28. The third-order valence-corrected chi connectivity index (χ3v) is 2.52. The summed E-state index contributed by atoms with van der Waals surface area (Å²) in [6.07, 6.45) is 0. The molecule has 1 aromatic rings. The Kier molecular flexibility index (Phi) is 5.65. The zero-order valence-corrected chi connectivity index (χ0v) is 11.6. The molecule has 1 aromatic carbocycles. The van der Waals surface area contributed by atoms with Crippen molar-refractivity contribution in [1.82, 2.24) is 10.2 Å². The van der Waals surface area contributed by atoms with E-state index >= 15 is 0 Å². The number of ether oxygens (including phenoxy) is 1. The van der Waals surface area contributed by atoms with E-state index in [1.807, 2.05) is 24.3 Å². The number of rotatable bonds is 6. The van der Waals surface area contributed by atoms with Gasteiger partial charge in [0.1, 0.15) is 5.75 Å². The van der Waals surface area contributed by atoms with Gasteiger partial charge in [-0.1, -0.05) is 32.0 Å². The second-order valence-corrected chi connectivity index (χ2v) is 4.72. The molecular weight excluding hydrogens is 228 g/mol. The monoisotopic (exact) mass is 250 g/mol. The SMILES string of the molecule is CC(C)NCc1ccccc1OCC(=O)N(C)C. The van der Waals surface area contributed by atoms with Gasteiger partial charge in [0, 0.05) is 32.2 Å². The van der Waals surface area contributed by atoms with Crippen molar-refractivity contribution in [2.45, 2.75) is 26.4 Å². The zero-order valence-electron chi connectivity index (χ0n) is 11.6. The minimum Gasteiger partial charge on any atom is -0.483 e. The number of likely N-dealkylation sites (N-methyl/N-ethyl adjacent to an activating group) is 1. The van der Waals surface area contributed by atoms with Crippen LogP contribution in [-0.4, -0.2) is 37.6 Å². The van der Waals surface area contributed by atoms with Gasteiger partial charge in [-0.05, 0) is 6.07 Å². The molecule has 0 bridgehead atoms. The first kappa shape index (κ1) is 14.5. The topological polar surface area (TPSA) is 41.6 Å². The molecule has 1 rings (SSSR count). The van der Waals surface area contributed by atoms with Crippen LogP contribution < -0.4 is 10.1 Å². The number of carbonyl (C=O) groups excluding carboxylic acids is 1. The molecular formula is C14H22N2O2. The molecule has 0 saturated heterocycles. The average molecular weight is 250 g/mol. The van der Waals surface area contributed by atoms with Crippen LogP contribution in [0.4, 0.5) is 0 Å². The number of nitrogens with one attached hydrogen (secondary N) is 1. The highest BCUT2D eigenvalue weighted by molar-refractivity contribution is 5.77. The Morgan fingerprint density at radius 2 is 2.00 bits per heavy atom. The van der Waals surface area contributed by atoms with Crippen LogP contribution in [-0.2, 0) is 11.3 Å². The van der Waals surface area contributed by atoms with Crippen molar-refractivity contribution in [3.8, 4) is 5.75 Å². The Hall–Kier alpha value is -1.55. The van der Waals surface area contributed by atoms with Crippen LogP contribution in [0.5, 0.6) is 5.75 Å². The second-order valence-electron chi connectivity index (χ2n) is 4.72. The van der Waals surface area contributed by atoms with Gasteiger partial charge in [0.25, 0.3) is 5.91 Å². The molecule has 4 nitrogen and oxygen atoms in total. The summed E-state index contributed by atoms with van der Waals surface area (Å²) >= 11 is 0. The molecule has 0 aliphatic heterocycles. The Balaban J connectivity index is 2.61. The minimum absolute atomic E-state index is 0.0402. The van der Waals surface area contributed by atoms with Gasteiger partial charge >= 0.3 is 0 Å². The van der Waals surface area contributed by atoms with E-state index in [-0.39, 0.29) is 12.5 Å². The fourth-order valence-corrected chi connectivity index (χ4v) is 1.37. The quantitative estimate of drug-likeness (QED) is 0.834. The molecule has 0 unspecified atom stereocenters. The highest BCUT2D eigenvalue weighted by atomic mass is 16.5. The minimum atomic E-state index is -0.0402. The van der Waals surface area contributed by atoms with Crippen LogP contribution in [0, 0.1) is 0 Å². The normalized spacial score (nSPS) is 10.5. The lowest BCUT2D eigenvalue weighted by molar-refractivity contribution is -0.130. The van der Waals surface area contributed by atoms with Crippen LogP contribution in [0.15, 0.2) is 24.3 Å². The van der Waals surface area contributed by atoms with E-state index in [1.54, 1.807) is 14.1 Å². The van der Waals surface area contributed by atoms with Crippen molar-refractivity contribution in [3.05, 3.63) is 29.8 Å². The van der Waals surface area contributed by atoms with Crippen molar-refractivity contribution < 1.29 is 9.53 Å². The zero-order chi connectivity index (χ0) is 13.5. The number of amides is 1. The van der Waals surface area contributed by atoms with Gasteiger partial charge in [-0.3, -0.25) is 4.79 Å². The molecule has 0 radical (unpaired) electrons. The Bertz CT molecular complexity index is 389. The van der Waals surface area contributed by atoms with Crippen LogP contribution in [0.3, 0.4) is 0 Å². The van der Waals surface area contributed by atoms with Crippen molar-refractivity contribution in [3.63, 3.8) is 0 Å². The van der Waals surface area contributed by atoms with Crippen molar-refractivity contribution in [2.75, 3.05) is 20.7 Å². The highest BCUT2D eigenvalue weighted by Gasteiger charge is 2.08. The lowest BCUT2D eigenvalue weighted by Gasteiger charge is -2.15. The lowest BCUT2D eigenvalue weighted by atomic mass is 10.2. The summed E-state index contributed by atoms with van der Waals surface area (Å²) < 4.78 is 5.56. The molecule has 0 spiro atoms. The highest BCUT2D eigenvalue weighted by Crippen LogP contribution is 2.17. The average Bonchev–Trinajstić information content (AvgIpc) is 2.34. The molecule has 0 heterocycles. The van der Waals surface area contributed by atoms with E-state index in [0.29, 0.717) is 6.04 Å². The molecule has 0 aliphatic rings. The first-order chi connectivity index (χ1) is 8.50. The number of nitrogens with zero attached hydrogens (tertiary/aromatic N) is 1. The molecule has 1 amide bonds. The van der Waals surface area contributed by atoms with E-state index in [4.69, 9.17) is 4.74 Å². The van der Waals surface area contributed by atoms with Gasteiger partial charge in [-0.15, -0.1) is 0 Å². The maximum absolute atomic E-state index is 11.5. The fraction of sp³-hybridized carbons (Fsp3) is 0.500. The molecule has 0 aliphatic carbocycles. The van der Waals surface area contributed by atoms with E-state index in [1.165, 1.54) is 4.90 Å². The molecule has 0 aromatic heterocycles. The standard InChI is InChI=1S/C14H22N2O2/c1-11(2)15-9-12-7-5-6-8-13(12)18-10-14(17)16(3)4/h5-8,11,15H,9-10H2,1-4H3. The Morgan fingerprint density at radius 1 is 1.33 bits per heavy atom. The van der Waals surface area contributed by atoms with E-state index in [2.05, 4.69) is 19.2 Å². The first-order valence-electron chi connectivity index (χ1n) is 6.15. The first-order valence-corrected chi connectivity index (χ1v) is 6.15. The third-order valence-electron chi connectivity index (χ3n) is 2.52. The summed E-state index contributed by atoms with van der Waals surface area (Å²) in [5, 5.41) is 3.34. The predicted molar refractivity (Wildman–Crippen MR) is 72.6 cm³/mol. The molecule has 0 saturated carbocycles. The van der Waals surface area contributed by atoms with Crippen molar-refractivity contribution in [2.24, 2.45) is 0 Å². The van der Waals surface area contributed by atoms with E-state index < -0.39 is 0 Å². The molecule has 0 fully saturated rings. The maximum atomic E-state index is 11.5. The summed E-state index contributed by atoms with van der Waals surface area (Å²) in [6.45, 7) is 5.01. The number of para-hydroxylation sites is 1. The maximum Gasteiger partial charge on any atom is 0.259 e. The van der Waals surface area contributed by atoms with Crippen LogP contribution in [0.2, 0.25) is 0 Å². The van der Waals surface area contributed by atoms with Gasteiger partial charge in [0.05, 0.1) is 0 Å². The van der Waals surface area contributed by atoms with Gasteiger partial charge in [0.2, 0.25) is 0 Å². The van der Waals surface area contributed by atoms with Gasteiger partial charge in [-0.2, -0.15) is 0 Å². The number of hydrogen-bond donors (Lipinski definition) is 1. The van der Waals surface area contributed by atoms with Crippen molar-refractivity contribution >= 4 is 5.91 Å². The third kappa shape index (κ3) is 4.75. The van der Waals surface area contributed by atoms with Crippen LogP contribution in [0.25, 0.3) is 0 Å². The summed E-state index contributed by atoms with van der Waals surface area (Å²) in [7, 11) is 3.44. The second kappa shape index (κ2) is 7.01. The largest absolute Gasteiger partial charge is 0.483 e. The van der Waals surface area contributed by atoms with Gasteiger partial charge in [0.15, 0.2) is 6.61 Å². The summed E-state index contributed by atoms with van der Waals surface area (Å²) in [6, 6.07) is 8.19. The van der Waals surface area contributed by atoms with Crippen molar-refractivity contribution in [1.29, 1.82) is 0 Å². The molecule has 4 heteroatoms. The molecule has 0 atom stereocenters. The molecule has 100 valence electrons. The number of carbonyl (C=O) groups is 1. The number of benzene rings is 1. The summed E-state index contributed by atoms with van der Waals surface area (Å²) in [4.78, 5) is 13.0. The molecule has 18 heavy (non-hydrogen) atoms. The smallest absolute Gasteiger partial charge is 0.259 e. The van der Waals surface area contributed by atoms with E-state index in [9.17, 15) is 4.79 Å². The van der Waals surface area contributed by atoms with Gasteiger partial charge in [-0.25, -0.2) is 0 Å². The fourth-order valence-electron chi connectivity index (χ4n) is 1.37. The Morgan fingerprint density at radius 3 is 2.61 bits per heavy atom. The molecule has 1 N–H and O–H groups in total. The summed E-state index contributed by atoms with van der Waals surface area (Å²) in [5.41, 5.74) is 1.07. The Labute approximate surface area is 109 Å².